The zero-order chi connectivity index (χ0) is 51.4. The average molecular weight is 988 g/mol. The van der Waals surface area contributed by atoms with Crippen molar-refractivity contribution in [3.05, 3.63) is 97.2 Å². The molecular weight excluding hydrogens is 877 g/mol. The monoisotopic (exact) mass is 987 g/mol. The molecule has 0 spiro atoms. The van der Waals surface area contributed by atoms with Crippen LogP contribution in [-0.4, -0.2) is 37.2 Å². The molecular formula is C65H110O6. The van der Waals surface area contributed by atoms with Crippen molar-refractivity contribution in [2.24, 2.45) is 0 Å². The molecule has 0 aliphatic carbocycles. The summed E-state index contributed by atoms with van der Waals surface area (Å²) in [6.45, 7) is 6.46. The molecule has 71 heavy (non-hydrogen) atoms. The second-order valence-corrected chi connectivity index (χ2v) is 19.5. The van der Waals surface area contributed by atoms with Crippen molar-refractivity contribution in [2.75, 3.05) is 13.2 Å². The van der Waals surface area contributed by atoms with Crippen LogP contribution >= 0.6 is 0 Å². The van der Waals surface area contributed by atoms with E-state index in [-0.39, 0.29) is 31.1 Å². The summed E-state index contributed by atoms with van der Waals surface area (Å²) in [6.07, 6.45) is 78.2. The fraction of sp³-hybridized carbons (Fsp3) is 0.708. The molecule has 0 aliphatic rings. The van der Waals surface area contributed by atoms with E-state index in [1.54, 1.807) is 0 Å². The van der Waals surface area contributed by atoms with Crippen molar-refractivity contribution >= 4 is 17.9 Å². The summed E-state index contributed by atoms with van der Waals surface area (Å²) in [7, 11) is 0. The molecule has 1 unspecified atom stereocenters. The number of rotatable bonds is 53. The van der Waals surface area contributed by atoms with Crippen LogP contribution in [0, 0.1) is 0 Å². The van der Waals surface area contributed by atoms with Crippen LogP contribution in [0.3, 0.4) is 0 Å². The Morgan fingerprint density at radius 1 is 0.296 bits per heavy atom. The Labute approximate surface area is 438 Å². The molecule has 0 aromatic carbocycles. The quantitative estimate of drug-likeness (QED) is 0.0261. The summed E-state index contributed by atoms with van der Waals surface area (Å²) in [5, 5.41) is 0. The molecule has 0 N–H and O–H groups in total. The number of hydrogen-bond acceptors (Lipinski definition) is 6. The summed E-state index contributed by atoms with van der Waals surface area (Å²) in [4.78, 5) is 38.2. The molecule has 0 aromatic heterocycles. The smallest absolute Gasteiger partial charge is 0.306 e. The lowest BCUT2D eigenvalue weighted by atomic mass is 10.1. The van der Waals surface area contributed by atoms with Crippen LogP contribution in [0.25, 0.3) is 0 Å². The Bertz CT molecular complexity index is 1410. The van der Waals surface area contributed by atoms with Crippen molar-refractivity contribution in [1.29, 1.82) is 0 Å². The number of unbranched alkanes of at least 4 members (excludes halogenated alkanes) is 26. The van der Waals surface area contributed by atoms with Crippen LogP contribution in [0.4, 0.5) is 0 Å². The number of ether oxygens (including phenoxy) is 3. The lowest BCUT2D eigenvalue weighted by molar-refractivity contribution is -0.167. The topological polar surface area (TPSA) is 78.9 Å². The highest BCUT2D eigenvalue weighted by Gasteiger charge is 2.19. The predicted molar refractivity (Wildman–Crippen MR) is 307 cm³/mol. The van der Waals surface area contributed by atoms with Gasteiger partial charge in [-0.15, -0.1) is 0 Å². The third kappa shape index (κ3) is 57.1. The molecule has 406 valence electrons. The number of hydrogen-bond donors (Lipinski definition) is 0. The zero-order valence-corrected chi connectivity index (χ0v) is 46.5. The molecule has 1 atom stereocenters. The Balaban J connectivity index is 4.42. The van der Waals surface area contributed by atoms with Crippen molar-refractivity contribution < 1.29 is 28.6 Å². The minimum absolute atomic E-state index is 0.0899. The third-order valence-electron chi connectivity index (χ3n) is 12.5. The van der Waals surface area contributed by atoms with E-state index in [4.69, 9.17) is 14.2 Å². The molecule has 6 nitrogen and oxygen atoms in total. The van der Waals surface area contributed by atoms with Crippen molar-refractivity contribution in [1.82, 2.24) is 0 Å². The first-order valence-corrected chi connectivity index (χ1v) is 29.7. The zero-order valence-electron chi connectivity index (χ0n) is 46.5. The number of allylic oxidation sites excluding steroid dienone is 16. The van der Waals surface area contributed by atoms with Gasteiger partial charge in [-0.3, -0.25) is 14.4 Å². The highest BCUT2D eigenvalue weighted by molar-refractivity contribution is 5.71. The van der Waals surface area contributed by atoms with E-state index in [9.17, 15) is 14.4 Å². The first-order valence-electron chi connectivity index (χ1n) is 29.7. The molecule has 0 fully saturated rings. The predicted octanol–water partition coefficient (Wildman–Crippen LogP) is 20.1. The van der Waals surface area contributed by atoms with Gasteiger partial charge in [0.25, 0.3) is 0 Å². The van der Waals surface area contributed by atoms with Gasteiger partial charge in [-0.1, -0.05) is 234 Å². The normalized spacial score (nSPS) is 12.8. The first-order chi connectivity index (χ1) is 35.0. The maximum atomic E-state index is 12.9. The summed E-state index contributed by atoms with van der Waals surface area (Å²) in [5.74, 6) is -0.914. The summed E-state index contributed by atoms with van der Waals surface area (Å²) in [5.41, 5.74) is 0. The minimum Gasteiger partial charge on any atom is -0.462 e. The van der Waals surface area contributed by atoms with Gasteiger partial charge in [0.2, 0.25) is 0 Å². The lowest BCUT2D eigenvalue weighted by Gasteiger charge is -2.18. The van der Waals surface area contributed by atoms with Gasteiger partial charge in [0.1, 0.15) is 13.2 Å². The molecule has 6 heteroatoms. The molecule has 0 heterocycles. The van der Waals surface area contributed by atoms with Gasteiger partial charge in [0.15, 0.2) is 6.10 Å². The summed E-state index contributed by atoms with van der Waals surface area (Å²) in [6, 6.07) is 0. The third-order valence-corrected chi connectivity index (χ3v) is 12.5. The number of carbonyl (C=O) groups is 3. The van der Waals surface area contributed by atoms with Crippen LogP contribution in [-0.2, 0) is 28.6 Å². The van der Waals surface area contributed by atoms with E-state index >= 15 is 0 Å². The van der Waals surface area contributed by atoms with Crippen LogP contribution in [0.1, 0.15) is 278 Å². The van der Waals surface area contributed by atoms with E-state index in [0.717, 1.165) is 128 Å². The molecule has 0 rings (SSSR count). The highest BCUT2D eigenvalue weighted by atomic mass is 16.6. The van der Waals surface area contributed by atoms with Crippen LogP contribution < -0.4 is 0 Å². The van der Waals surface area contributed by atoms with Gasteiger partial charge in [0.05, 0.1) is 0 Å². The minimum atomic E-state index is -0.793. The molecule has 0 aliphatic heterocycles. The first kappa shape index (κ1) is 67.3. The van der Waals surface area contributed by atoms with E-state index in [0.29, 0.717) is 19.3 Å². The van der Waals surface area contributed by atoms with E-state index in [1.165, 1.54) is 109 Å². The van der Waals surface area contributed by atoms with Crippen LogP contribution in [0.15, 0.2) is 97.2 Å². The van der Waals surface area contributed by atoms with Crippen molar-refractivity contribution in [2.45, 2.75) is 284 Å². The van der Waals surface area contributed by atoms with Crippen LogP contribution in [0.5, 0.6) is 0 Å². The van der Waals surface area contributed by atoms with Gasteiger partial charge in [0, 0.05) is 19.3 Å². The SMILES string of the molecule is CC/C=C\C/C=C\C/C=C\C/C=C\CCCCCCCCCCC(=O)OCC(COC(=O)CCCCCCC/C=C\C/C=C\CCCCC)OC(=O)CCCCCCCCC/C=C\C/C=C\CCCCC. The summed E-state index contributed by atoms with van der Waals surface area (Å²) < 4.78 is 16.9. The second-order valence-electron chi connectivity index (χ2n) is 19.5. The largest absolute Gasteiger partial charge is 0.462 e. The Morgan fingerprint density at radius 3 is 0.859 bits per heavy atom. The van der Waals surface area contributed by atoms with Crippen molar-refractivity contribution in [3.63, 3.8) is 0 Å². The van der Waals surface area contributed by atoms with E-state index in [2.05, 4.69) is 118 Å². The van der Waals surface area contributed by atoms with Gasteiger partial charge in [-0.05, 0) is 122 Å². The van der Waals surface area contributed by atoms with Crippen molar-refractivity contribution in [3.8, 4) is 0 Å². The Morgan fingerprint density at radius 2 is 0.549 bits per heavy atom. The molecule has 0 saturated heterocycles. The summed E-state index contributed by atoms with van der Waals surface area (Å²) >= 11 is 0. The lowest BCUT2D eigenvalue weighted by Crippen LogP contribution is -2.30. The molecule has 0 radical (unpaired) electrons. The Hall–Kier alpha value is -3.67. The molecule has 0 aromatic rings. The second kappa shape index (κ2) is 58.9. The van der Waals surface area contributed by atoms with Gasteiger partial charge in [-0.2, -0.15) is 0 Å². The molecule has 0 bridgehead atoms. The van der Waals surface area contributed by atoms with Crippen LogP contribution in [0.2, 0.25) is 0 Å². The van der Waals surface area contributed by atoms with Gasteiger partial charge < -0.3 is 14.2 Å². The number of carbonyl (C=O) groups excluding carboxylic acids is 3. The standard InChI is InChI=1S/C65H110O6/c1-4-7-10-13-16-19-22-25-28-30-31-32-33-35-37-40-43-46-49-52-55-58-64(67)70-61-62(60-69-63(66)57-54-51-48-45-42-39-36-27-24-21-18-15-12-9-6-3)71-65(68)59-56-53-50-47-44-41-38-34-29-26-23-20-17-14-11-8-5-2/h7,10,16-21,25-29,31-32,36,62H,4-6,8-9,11-15,22-24,30,33-35,37-61H2,1-3H3/b10-7-,19-16-,20-17-,21-18-,28-25-,29-26-,32-31-,36-27-. The maximum Gasteiger partial charge on any atom is 0.306 e. The van der Waals surface area contributed by atoms with E-state index in [1.807, 2.05) is 0 Å². The fourth-order valence-electron chi connectivity index (χ4n) is 8.08. The van der Waals surface area contributed by atoms with Gasteiger partial charge in [-0.25, -0.2) is 0 Å². The highest BCUT2D eigenvalue weighted by Crippen LogP contribution is 2.15. The van der Waals surface area contributed by atoms with E-state index < -0.39 is 6.10 Å². The maximum absolute atomic E-state index is 12.9. The molecule has 0 amide bonds. The Kier molecular flexibility index (Phi) is 55.9. The van der Waals surface area contributed by atoms with Gasteiger partial charge >= 0.3 is 17.9 Å². The average Bonchev–Trinajstić information content (AvgIpc) is 3.37. The molecule has 0 saturated carbocycles. The number of esters is 3. The fourth-order valence-corrected chi connectivity index (χ4v) is 8.08.